The van der Waals surface area contributed by atoms with Crippen molar-refractivity contribution >= 4 is 5.91 Å². The Hall–Kier alpha value is -2.28. The quantitative estimate of drug-likeness (QED) is 0.816. The highest BCUT2D eigenvalue weighted by Gasteiger charge is 2.14. The van der Waals surface area contributed by atoms with Crippen molar-refractivity contribution in [1.29, 1.82) is 0 Å². The number of H-pyrrole nitrogens is 1. The van der Waals surface area contributed by atoms with Gasteiger partial charge in [0.2, 0.25) is 11.7 Å². The van der Waals surface area contributed by atoms with Crippen LogP contribution in [-0.4, -0.2) is 44.5 Å². The fraction of sp³-hybridized carbons (Fsp3) is 0.333. The Morgan fingerprint density at radius 3 is 2.95 bits per heavy atom. The second-order valence-electron chi connectivity index (χ2n) is 4.42. The highest BCUT2D eigenvalue weighted by molar-refractivity contribution is 5.80. The van der Waals surface area contributed by atoms with Crippen molar-refractivity contribution in [1.82, 2.24) is 25.5 Å². The number of aromatic amines is 1. The van der Waals surface area contributed by atoms with E-state index in [9.17, 15) is 4.79 Å². The fourth-order valence-electron chi connectivity index (χ4n) is 1.79. The lowest BCUT2D eigenvalue weighted by Gasteiger charge is -2.19. The van der Waals surface area contributed by atoms with Gasteiger partial charge >= 0.3 is 0 Å². The van der Waals surface area contributed by atoms with E-state index >= 15 is 0 Å². The summed E-state index contributed by atoms with van der Waals surface area (Å²) in [7, 11) is 1.73. The van der Waals surface area contributed by atoms with Gasteiger partial charge in [0.25, 0.3) is 0 Å². The Labute approximate surface area is 110 Å². The van der Waals surface area contributed by atoms with Gasteiger partial charge in [0.15, 0.2) is 0 Å². The summed E-state index contributed by atoms with van der Waals surface area (Å²) in [6, 6.07) is 7.16. The zero-order valence-electron chi connectivity index (χ0n) is 10.9. The van der Waals surface area contributed by atoms with Crippen molar-refractivity contribution in [3.63, 3.8) is 0 Å². The standard InChI is InChI=1S/C12H16N6O/c1-8(13)12(19)18(2)7-9-4-3-5-10(6-9)11-14-16-17-15-11/h3-6,8H,7,13H2,1-2H3,(H,14,15,16,17)/t8-/m1/s1. The van der Waals surface area contributed by atoms with Crippen molar-refractivity contribution in [2.24, 2.45) is 5.73 Å². The molecule has 2 rings (SSSR count). The molecule has 0 aliphatic rings. The van der Waals surface area contributed by atoms with Gasteiger partial charge in [-0.2, -0.15) is 5.21 Å². The molecule has 0 bridgehead atoms. The minimum atomic E-state index is -0.495. The van der Waals surface area contributed by atoms with E-state index in [4.69, 9.17) is 5.73 Å². The molecule has 3 N–H and O–H groups in total. The molecule has 0 unspecified atom stereocenters. The van der Waals surface area contributed by atoms with Gasteiger partial charge in [-0.15, -0.1) is 10.2 Å². The average molecular weight is 260 g/mol. The molecule has 7 heteroatoms. The maximum absolute atomic E-state index is 11.7. The van der Waals surface area contributed by atoms with Gasteiger partial charge in [-0.25, -0.2) is 0 Å². The van der Waals surface area contributed by atoms with Gasteiger partial charge in [-0.05, 0) is 23.8 Å². The first-order valence-corrected chi connectivity index (χ1v) is 5.91. The Bertz CT molecular complexity index is 551. The smallest absolute Gasteiger partial charge is 0.239 e. The first kappa shape index (κ1) is 13.2. The largest absolute Gasteiger partial charge is 0.340 e. The van der Waals surface area contributed by atoms with Gasteiger partial charge in [0, 0.05) is 19.2 Å². The highest BCUT2D eigenvalue weighted by Crippen LogP contribution is 2.16. The number of aromatic nitrogens is 4. The number of carbonyl (C=O) groups excluding carboxylic acids is 1. The molecule has 100 valence electrons. The topological polar surface area (TPSA) is 101 Å². The highest BCUT2D eigenvalue weighted by atomic mass is 16.2. The predicted molar refractivity (Wildman–Crippen MR) is 69.7 cm³/mol. The van der Waals surface area contributed by atoms with Crippen LogP contribution in [0.4, 0.5) is 0 Å². The van der Waals surface area contributed by atoms with Crippen LogP contribution in [0.2, 0.25) is 0 Å². The third-order valence-corrected chi connectivity index (χ3v) is 2.72. The van der Waals surface area contributed by atoms with Crippen molar-refractivity contribution in [3.8, 4) is 11.4 Å². The first-order valence-electron chi connectivity index (χ1n) is 5.91. The van der Waals surface area contributed by atoms with Crippen molar-refractivity contribution in [2.75, 3.05) is 7.05 Å². The van der Waals surface area contributed by atoms with Gasteiger partial charge in [-0.1, -0.05) is 18.2 Å². The van der Waals surface area contributed by atoms with Crippen LogP contribution in [0.15, 0.2) is 24.3 Å². The van der Waals surface area contributed by atoms with Crippen molar-refractivity contribution < 1.29 is 4.79 Å². The molecular formula is C12H16N6O. The number of hydrogen-bond acceptors (Lipinski definition) is 5. The number of hydrogen-bond donors (Lipinski definition) is 2. The maximum atomic E-state index is 11.7. The molecular weight excluding hydrogens is 244 g/mol. The second-order valence-corrected chi connectivity index (χ2v) is 4.42. The molecule has 1 atom stereocenters. The lowest BCUT2D eigenvalue weighted by Crippen LogP contribution is -2.39. The molecule has 0 aliphatic heterocycles. The minimum absolute atomic E-state index is 0.0926. The average Bonchev–Trinajstić information content (AvgIpc) is 2.91. The molecule has 0 fully saturated rings. The number of nitrogens with one attached hydrogen (secondary N) is 1. The third kappa shape index (κ3) is 3.14. The van der Waals surface area contributed by atoms with Crippen LogP contribution in [0.1, 0.15) is 12.5 Å². The molecule has 1 heterocycles. The number of nitrogens with two attached hydrogens (primary N) is 1. The van der Waals surface area contributed by atoms with Crippen molar-refractivity contribution in [3.05, 3.63) is 29.8 Å². The summed E-state index contributed by atoms with van der Waals surface area (Å²) in [5.41, 5.74) is 7.41. The molecule has 1 aromatic heterocycles. The lowest BCUT2D eigenvalue weighted by molar-refractivity contribution is -0.131. The van der Waals surface area contributed by atoms with Gasteiger partial charge in [-0.3, -0.25) is 4.79 Å². The summed E-state index contributed by atoms with van der Waals surface area (Å²) < 4.78 is 0. The summed E-state index contributed by atoms with van der Waals surface area (Å²) in [5.74, 6) is 0.438. The summed E-state index contributed by atoms with van der Waals surface area (Å²) >= 11 is 0. The molecule has 19 heavy (non-hydrogen) atoms. The van der Waals surface area contributed by atoms with Gasteiger partial charge in [0.05, 0.1) is 6.04 Å². The summed E-state index contributed by atoms with van der Waals surface area (Å²) in [6.45, 7) is 2.17. The Kier molecular flexibility index (Phi) is 3.86. The molecule has 0 saturated carbocycles. The molecule has 1 amide bonds. The number of tetrazole rings is 1. The van der Waals surface area contributed by atoms with E-state index in [1.807, 2.05) is 24.3 Å². The molecule has 0 spiro atoms. The van der Waals surface area contributed by atoms with Gasteiger partial charge in [0.1, 0.15) is 0 Å². The number of benzene rings is 1. The van der Waals surface area contributed by atoms with E-state index in [-0.39, 0.29) is 5.91 Å². The van der Waals surface area contributed by atoms with E-state index < -0.39 is 6.04 Å². The summed E-state index contributed by atoms with van der Waals surface area (Å²) in [5, 5.41) is 13.8. The minimum Gasteiger partial charge on any atom is -0.340 e. The van der Waals surface area contributed by atoms with Crippen LogP contribution in [0.5, 0.6) is 0 Å². The number of carbonyl (C=O) groups is 1. The fourth-order valence-corrected chi connectivity index (χ4v) is 1.79. The molecule has 0 radical (unpaired) electrons. The zero-order valence-corrected chi connectivity index (χ0v) is 10.9. The number of rotatable bonds is 4. The molecule has 1 aromatic carbocycles. The maximum Gasteiger partial charge on any atom is 0.239 e. The monoisotopic (exact) mass is 260 g/mol. The second kappa shape index (κ2) is 5.57. The molecule has 2 aromatic rings. The van der Waals surface area contributed by atoms with Crippen LogP contribution >= 0.6 is 0 Å². The first-order chi connectivity index (χ1) is 9.08. The van der Waals surface area contributed by atoms with Gasteiger partial charge < -0.3 is 10.6 Å². The van der Waals surface area contributed by atoms with Crippen LogP contribution in [0, 0.1) is 0 Å². The third-order valence-electron chi connectivity index (χ3n) is 2.72. The van der Waals surface area contributed by atoms with Crippen LogP contribution in [0.3, 0.4) is 0 Å². The summed E-state index contributed by atoms with van der Waals surface area (Å²) in [4.78, 5) is 13.3. The number of amides is 1. The van der Waals surface area contributed by atoms with E-state index in [1.165, 1.54) is 0 Å². The van der Waals surface area contributed by atoms with Crippen molar-refractivity contribution in [2.45, 2.75) is 19.5 Å². The normalized spacial score (nSPS) is 12.2. The zero-order chi connectivity index (χ0) is 13.8. The number of likely N-dealkylation sites (N-methyl/N-ethyl adjacent to an activating group) is 1. The van der Waals surface area contributed by atoms with E-state index in [0.29, 0.717) is 12.4 Å². The Balaban J connectivity index is 2.14. The van der Waals surface area contributed by atoms with E-state index in [1.54, 1.807) is 18.9 Å². The lowest BCUT2D eigenvalue weighted by atomic mass is 10.1. The Morgan fingerprint density at radius 2 is 2.32 bits per heavy atom. The van der Waals surface area contributed by atoms with E-state index in [2.05, 4.69) is 20.6 Å². The SMILES string of the molecule is C[C@@H](N)C(=O)N(C)Cc1cccc(-c2nn[nH]n2)c1. The number of nitrogens with zero attached hydrogens (tertiary/aromatic N) is 4. The Morgan fingerprint density at radius 1 is 1.53 bits per heavy atom. The molecule has 0 aliphatic carbocycles. The van der Waals surface area contributed by atoms with E-state index in [0.717, 1.165) is 11.1 Å². The molecule has 0 saturated heterocycles. The van der Waals surface area contributed by atoms with Crippen LogP contribution in [0.25, 0.3) is 11.4 Å². The summed E-state index contributed by atoms with van der Waals surface area (Å²) in [6.07, 6.45) is 0. The van der Waals surface area contributed by atoms with Crippen LogP contribution < -0.4 is 5.73 Å². The molecule has 7 nitrogen and oxygen atoms in total. The van der Waals surface area contributed by atoms with Crippen LogP contribution in [-0.2, 0) is 11.3 Å². The predicted octanol–water partition coefficient (Wildman–Crippen LogP) is 0.172.